The smallest absolute Gasteiger partial charge is 0.290 e. The Morgan fingerprint density at radius 2 is 2.36 bits per heavy atom. The summed E-state index contributed by atoms with van der Waals surface area (Å²) in [5.41, 5.74) is 0. The predicted octanol–water partition coefficient (Wildman–Crippen LogP) is 0.984. The topological polar surface area (TPSA) is 49.8 Å². The van der Waals surface area contributed by atoms with Crippen molar-refractivity contribution in [3.8, 4) is 0 Å². The highest BCUT2D eigenvalue weighted by Gasteiger charge is 2.17. The third kappa shape index (κ3) is 5.72. The van der Waals surface area contributed by atoms with E-state index in [0.717, 1.165) is 13.1 Å². The predicted molar refractivity (Wildman–Crippen MR) is 55.4 cm³/mol. The SMILES string of the molecule is C=CCN1CCCC(OC)C1.O=CO. The van der Waals surface area contributed by atoms with Gasteiger partial charge in [-0.2, -0.15) is 0 Å². The Balaban J connectivity index is 0.000000500. The summed E-state index contributed by atoms with van der Waals surface area (Å²) in [6, 6.07) is 0. The van der Waals surface area contributed by atoms with Gasteiger partial charge in [-0.05, 0) is 19.4 Å². The number of nitrogens with zero attached hydrogens (tertiary/aromatic N) is 1. The van der Waals surface area contributed by atoms with Crippen LogP contribution in [0.25, 0.3) is 0 Å². The van der Waals surface area contributed by atoms with Crippen molar-refractivity contribution in [3.63, 3.8) is 0 Å². The van der Waals surface area contributed by atoms with Gasteiger partial charge >= 0.3 is 0 Å². The Morgan fingerprint density at radius 3 is 2.86 bits per heavy atom. The van der Waals surface area contributed by atoms with Crippen LogP contribution in [0, 0.1) is 0 Å². The molecule has 0 amide bonds. The maximum atomic E-state index is 8.36. The lowest BCUT2D eigenvalue weighted by molar-refractivity contribution is -0.122. The molecule has 0 saturated carbocycles. The number of piperidine rings is 1. The molecule has 1 aliphatic heterocycles. The second-order valence-electron chi connectivity index (χ2n) is 3.15. The number of carboxylic acid groups (broad SMARTS) is 1. The highest BCUT2D eigenvalue weighted by molar-refractivity contribution is 5.32. The van der Waals surface area contributed by atoms with E-state index < -0.39 is 0 Å². The zero-order valence-electron chi connectivity index (χ0n) is 8.69. The molecule has 1 fully saturated rings. The molecule has 0 spiro atoms. The first-order valence-corrected chi connectivity index (χ1v) is 4.72. The quantitative estimate of drug-likeness (QED) is 0.546. The van der Waals surface area contributed by atoms with Crippen LogP contribution in [0.1, 0.15) is 12.8 Å². The molecule has 0 bridgehead atoms. The summed E-state index contributed by atoms with van der Waals surface area (Å²) in [6.07, 6.45) is 4.87. The van der Waals surface area contributed by atoms with Gasteiger partial charge in [0.05, 0.1) is 6.10 Å². The third-order valence-corrected chi connectivity index (χ3v) is 2.18. The Bertz CT molecular complexity index is 161. The summed E-state index contributed by atoms with van der Waals surface area (Å²) in [7, 11) is 1.79. The molecule has 1 rings (SSSR count). The Hall–Kier alpha value is -0.870. The molecule has 0 aromatic heterocycles. The Morgan fingerprint density at radius 1 is 1.71 bits per heavy atom. The molecule has 1 unspecified atom stereocenters. The van der Waals surface area contributed by atoms with Gasteiger partial charge in [0.25, 0.3) is 6.47 Å². The van der Waals surface area contributed by atoms with Crippen molar-refractivity contribution in [2.24, 2.45) is 0 Å². The van der Waals surface area contributed by atoms with Crippen LogP contribution in [0.2, 0.25) is 0 Å². The normalized spacial score (nSPS) is 21.9. The van der Waals surface area contributed by atoms with E-state index in [9.17, 15) is 0 Å². The zero-order valence-corrected chi connectivity index (χ0v) is 8.69. The van der Waals surface area contributed by atoms with E-state index in [1.165, 1.54) is 19.4 Å². The van der Waals surface area contributed by atoms with Gasteiger partial charge in [0.15, 0.2) is 0 Å². The van der Waals surface area contributed by atoms with Crippen LogP contribution >= 0.6 is 0 Å². The zero-order chi connectivity index (χ0) is 10.8. The average Bonchev–Trinajstić information content (AvgIpc) is 2.20. The van der Waals surface area contributed by atoms with Crippen LogP contribution in [-0.4, -0.2) is 49.3 Å². The molecule has 0 aliphatic carbocycles. The second-order valence-corrected chi connectivity index (χ2v) is 3.15. The van der Waals surface area contributed by atoms with Gasteiger partial charge in [-0.1, -0.05) is 6.08 Å². The van der Waals surface area contributed by atoms with Crippen LogP contribution in [0.3, 0.4) is 0 Å². The largest absolute Gasteiger partial charge is 0.483 e. The molecule has 1 heterocycles. The maximum Gasteiger partial charge on any atom is 0.290 e. The Labute approximate surface area is 85.2 Å². The molecule has 1 saturated heterocycles. The van der Waals surface area contributed by atoms with Gasteiger partial charge in [0, 0.05) is 20.2 Å². The lowest BCUT2D eigenvalue weighted by Gasteiger charge is -2.30. The maximum absolute atomic E-state index is 8.36. The number of methoxy groups -OCH3 is 1. The van der Waals surface area contributed by atoms with E-state index in [0.29, 0.717) is 6.10 Å². The fourth-order valence-corrected chi connectivity index (χ4v) is 1.55. The molecule has 82 valence electrons. The average molecular weight is 201 g/mol. The van der Waals surface area contributed by atoms with E-state index in [4.69, 9.17) is 14.6 Å². The highest BCUT2D eigenvalue weighted by atomic mass is 16.5. The van der Waals surface area contributed by atoms with Crippen molar-refractivity contribution >= 4 is 6.47 Å². The van der Waals surface area contributed by atoms with Crippen molar-refractivity contribution in [1.29, 1.82) is 0 Å². The number of hydrogen-bond donors (Lipinski definition) is 1. The number of carbonyl (C=O) groups is 1. The molecular weight excluding hydrogens is 182 g/mol. The molecule has 1 N–H and O–H groups in total. The van der Waals surface area contributed by atoms with Crippen molar-refractivity contribution in [2.75, 3.05) is 26.7 Å². The van der Waals surface area contributed by atoms with Crippen molar-refractivity contribution in [3.05, 3.63) is 12.7 Å². The first-order valence-electron chi connectivity index (χ1n) is 4.72. The number of likely N-dealkylation sites (tertiary alicyclic amines) is 1. The lowest BCUT2D eigenvalue weighted by atomic mass is 10.1. The molecule has 1 atom stereocenters. The van der Waals surface area contributed by atoms with Gasteiger partial charge in [-0.3, -0.25) is 9.69 Å². The minimum absolute atomic E-state index is 0.250. The summed E-state index contributed by atoms with van der Waals surface area (Å²) in [5, 5.41) is 6.89. The van der Waals surface area contributed by atoms with Crippen LogP contribution in [-0.2, 0) is 9.53 Å². The number of ether oxygens (including phenoxy) is 1. The highest BCUT2D eigenvalue weighted by Crippen LogP contribution is 2.11. The molecule has 4 heteroatoms. The molecule has 14 heavy (non-hydrogen) atoms. The minimum atomic E-state index is -0.250. The van der Waals surface area contributed by atoms with E-state index in [1.807, 2.05) is 6.08 Å². The van der Waals surface area contributed by atoms with E-state index in [2.05, 4.69) is 11.5 Å². The van der Waals surface area contributed by atoms with E-state index in [1.54, 1.807) is 7.11 Å². The monoisotopic (exact) mass is 201 g/mol. The molecular formula is C10H19NO3. The molecule has 1 aliphatic rings. The first kappa shape index (κ1) is 13.1. The second kappa shape index (κ2) is 8.72. The van der Waals surface area contributed by atoms with E-state index >= 15 is 0 Å². The first-order chi connectivity index (χ1) is 6.78. The van der Waals surface area contributed by atoms with Crippen LogP contribution in [0.4, 0.5) is 0 Å². The molecule has 4 nitrogen and oxygen atoms in total. The van der Waals surface area contributed by atoms with Crippen molar-refractivity contribution in [1.82, 2.24) is 4.90 Å². The van der Waals surface area contributed by atoms with Crippen LogP contribution < -0.4 is 0 Å². The van der Waals surface area contributed by atoms with Gasteiger partial charge in [-0.25, -0.2) is 0 Å². The molecule has 0 aromatic rings. The van der Waals surface area contributed by atoms with Crippen molar-refractivity contribution < 1.29 is 14.6 Å². The standard InChI is InChI=1S/C9H17NO.CH2O2/c1-3-6-10-7-4-5-9(8-10)11-2;2-1-3/h3,9H,1,4-8H2,2H3;1H,(H,2,3). The van der Waals surface area contributed by atoms with Gasteiger partial charge in [0.2, 0.25) is 0 Å². The van der Waals surface area contributed by atoms with Gasteiger partial charge in [0.1, 0.15) is 0 Å². The summed E-state index contributed by atoms with van der Waals surface area (Å²) in [5.74, 6) is 0. The van der Waals surface area contributed by atoms with Gasteiger partial charge in [-0.15, -0.1) is 6.58 Å². The van der Waals surface area contributed by atoms with Crippen LogP contribution in [0.5, 0.6) is 0 Å². The summed E-state index contributed by atoms with van der Waals surface area (Å²) in [4.78, 5) is 10.7. The van der Waals surface area contributed by atoms with Crippen LogP contribution in [0.15, 0.2) is 12.7 Å². The minimum Gasteiger partial charge on any atom is -0.483 e. The lowest BCUT2D eigenvalue weighted by Crippen LogP contribution is -2.39. The summed E-state index contributed by atoms with van der Waals surface area (Å²) < 4.78 is 5.29. The van der Waals surface area contributed by atoms with Gasteiger partial charge < -0.3 is 9.84 Å². The van der Waals surface area contributed by atoms with E-state index in [-0.39, 0.29) is 6.47 Å². The Kier molecular flexibility index (Phi) is 8.17. The number of hydrogen-bond acceptors (Lipinski definition) is 3. The fraction of sp³-hybridized carbons (Fsp3) is 0.700. The fourth-order valence-electron chi connectivity index (χ4n) is 1.55. The third-order valence-electron chi connectivity index (χ3n) is 2.18. The summed E-state index contributed by atoms with van der Waals surface area (Å²) in [6.45, 7) is 6.75. The van der Waals surface area contributed by atoms with Crippen molar-refractivity contribution in [2.45, 2.75) is 18.9 Å². The molecule has 0 radical (unpaired) electrons. The molecule has 0 aromatic carbocycles. The number of rotatable bonds is 3. The summed E-state index contributed by atoms with van der Waals surface area (Å²) >= 11 is 0.